The van der Waals surface area contributed by atoms with E-state index < -0.39 is 17.9 Å². The van der Waals surface area contributed by atoms with Gasteiger partial charge < -0.3 is 29.7 Å². The van der Waals surface area contributed by atoms with Crippen molar-refractivity contribution < 1.29 is 46.8 Å². The molecule has 0 aromatic heterocycles. The van der Waals surface area contributed by atoms with Crippen LogP contribution in [0.4, 0.5) is 0 Å². The third kappa shape index (κ3) is 75.9. The molecule has 7 heteroatoms. The maximum absolute atomic E-state index is 10.2. The van der Waals surface area contributed by atoms with E-state index in [4.69, 9.17) is 0 Å². The third-order valence-corrected chi connectivity index (χ3v) is 10.9. The van der Waals surface area contributed by atoms with Gasteiger partial charge >= 0.3 is 17.1 Å². The Morgan fingerprint density at radius 1 is 0.262 bits per heavy atom. The van der Waals surface area contributed by atoms with Gasteiger partial charge in [0.2, 0.25) is 0 Å². The average molecular weight is 899 g/mol. The zero-order valence-electron chi connectivity index (χ0n) is 40.5. The summed E-state index contributed by atoms with van der Waals surface area (Å²) >= 11 is 0. The molecular formula is C54H99MnO6. The van der Waals surface area contributed by atoms with E-state index in [0.717, 1.165) is 57.8 Å². The van der Waals surface area contributed by atoms with Gasteiger partial charge in [-0.25, -0.2) is 0 Å². The van der Waals surface area contributed by atoms with Crippen molar-refractivity contribution >= 4 is 17.9 Å². The van der Waals surface area contributed by atoms with Gasteiger partial charge in [-0.2, -0.15) is 0 Å². The van der Waals surface area contributed by atoms with E-state index in [2.05, 4.69) is 57.2 Å². The molecule has 0 N–H and O–H groups in total. The Morgan fingerprint density at radius 3 is 0.574 bits per heavy atom. The standard InChI is InChI=1S/3C18H34O2.Mn/c3*1-2-3-4-5-6-7-8-9-10-11-12-13-14-15-16-17-18(19)20;/h3*9-10H,2-8,11-17H2,1H3,(H,19,20);/q;;;+3/p-3. The Hall–Kier alpha value is -1.85. The van der Waals surface area contributed by atoms with Crippen LogP contribution in [0.3, 0.4) is 0 Å². The molecule has 0 saturated heterocycles. The van der Waals surface area contributed by atoms with Gasteiger partial charge in [-0.05, 0) is 116 Å². The van der Waals surface area contributed by atoms with E-state index in [1.165, 1.54) is 193 Å². The molecule has 0 saturated carbocycles. The minimum atomic E-state index is -0.914. The van der Waals surface area contributed by atoms with Crippen LogP contribution in [0.15, 0.2) is 36.5 Å². The Balaban J connectivity index is -0.000000396. The average Bonchev–Trinajstić information content (AvgIpc) is 3.22. The Morgan fingerprint density at radius 2 is 0.410 bits per heavy atom. The number of rotatable bonds is 45. The van der Waals surface area contributed by atoms with Crippen LogP contribution in [0.25, 0.3) is 0 Å². The van der Waals surface area contributed by atoms with Crippen molar-refractivity contribution in [2.45, 2.75) is 290 Å². The number of aliphatic carboxylic acids is 3. The molecule has 0 atom stereocenters. The first-order valence-electron chi connectivity index (χ1n) is 25.9. The first kappa shape index (κ1) is 65.8. The molecule has 0 bridgehead atoms. The number of hydrogen-bond acceptors (Lipinski definition) is 6. The summed E-state index contributed by atoms with van der Waals surface area (Å²) in [5.41, 5.74) is 0. The first-order chi connectivity index (χ1) is 29.3. The topological polar surface area (TPSA) is 120 Å². The van der Waals surface area contributed by atoms with Crippen molar-refractivity contribution in [2.75, 3.05) is 0 Å². The molecule has 0 aliphatic heterocycles. The predicted octanol–water partition coefficient (Wildman–Crippen LogP) is 14.3. The largest absolute Gasteiger partial charge is 3.00 e. The third-order valence-electron chi connectivity index (χ3n) is 10.9. The second kappa shape index (κ2) is 62.4. The maximum atomic E-state index is 10.2. The first-order valence-corrected chi connectivity index (χ1v) is 25.9. The number of carboxylic acids is 3. The van der Waals surface area contributed by atoms with Gasteiger partial charge in [0.15, 0.2) is 0 Å². The van der Waals surface area contributed by atoms with Gasteiger partial charge in [-0.1, -0.05) is 211 Å². The molecule has 0 fully saturated rings. The number of allylic oxidation sites excluding steroid dienone is 6. The van der Waals surface area contributed by atoms with E-state index in [1.807, 2.05) is 0 Å². The van der Waals surface area contributed by atoms with Crippen molar-refractivity contribution in [3.05, 3.63) is 36.5 Å². The molecule has 358 valence electrons. The molecule has 6 nitrogen and oxygen atoms in total. The number of carbonyl (C=O) groups is 3. The van der Waals surface area contributed by atoms with Gasteiger partial charge in [0, 0.05) is 17.9 Å². The molecule has 0 spiro atoms. The summed E-state index contributed by atoms with van der Waals surface area (Å²) in [5, 5.41) is 30.6. The molecule has 0 aromatic rings. The summed E-state index contributed by atoms with van der Waals surface area (Å²) < 4.78 is 0. The van der Waals surface area contributed by atoms with E-state index >= 15 is 0 Å². The van der Waals surface area contributed by atoms with E-state index in [-0.39, 0.29) is 36.3 Å². The normalized spacial score (nSPS) is 11.1. The fourth-order valence-corrected chi connectivity index (χ4v) is 7.02. The smallest absolute Gasteiger partial charge is 0.550 e. The van der Waals surface area contributed by atoms with Crippen molar-refractivity contribution in [3.8, 4) is 0 Å². The Bertz CT molecular complexity index is 827. The number of hydrogen-bond donors (Lipinski definition) is 0. The van der Waals surface area contributed by atoms with E-state index in [9.17, 15) is 29.7 Å². The fraction of sp³-hybridized carbons (Fsp3) is 0.833. The van der Waals surface area contributed by atoms with Gasteiger partial charge in [0.05, 0.1) is 0 Å². The van der Waals surface area contributed by atoms with Gasteiger partial charge in [-0.15, -0.1) is 0 Å². The van der Waals surface area contributed by atoms with Crippen LogP contribution in [0.1, 0.15) is 290 Å². The molecule has 0 aliphatic carbocycles. The van der Waals surface area contributed by atoms with Crippen LogP contribution in [0.2, 0.25) is 0 Å². The zero-order chi connectivity index (χ0) is 44.7. The van der Waals surface area contributed by atoms with Crippen molar-refractivity contribution in [3.63, 3.8) is 0 Å². The monoisotopic (exact) mass is 899 g/mol. The summed E-state index contributed by atoms with van der Waals surface area (Å²) in [6.07, 6.45) is 62.7. The number of carbonyl (C=O) groups excluding carboxylic acids is 3. The summed E-state index contributed by atoms with van der Waals surface area (Å²) in [6, 6.07) is 0. The van der Waals surface area contributed by atoms with Crippen LogP contribution >= 0.6 is 0 Å². The van der Waals surface area contributed by atoms with Crippen LogP contribution in [0.5, 0.6) is 0 Å². The van der Waals surface area contributed by atoms with E-state index in [0.29, 0.717) is 0 Å². The molecule has 0 rings (SSSR count). The van der Waals surface area contributed by atoms with Crippen LogP contribution in [-0.2, 0) is 31.5 Å². The van der Waals surface area contributed by atoms with Crippen molar-refractivity contribution in [1.82, 2.24) is 0 Å². The summed E-state index contributed by atoms with van der Waals surface area (Å²) in [5.74, 6) is -2.74. The molecule has 0 unspecified atom stereocenters. The summed E-state index contributed by atoms with van der Waals surface area (Å²) in [7, 11) is 0. The quantitative estimate of drug-likeness (QED) is 0.0341. The fourth-order valence-electron chi connectivity index (χ4n) is 7.02. The number of unbranched alkanes of at least 4 members (excludes halogenated alkanes) is 33. The van der Waals surface area contributed by atoms with Crippen molar-refractivity contribution in [1.29, 1.82) is 0 Å². The second-order valence-corrected chi connectivity index (χ2v) is 17.1. The van der Waals surface area contributed by atoms with Crippen LogP contribution < -0.4 is 15.3 Å². The predicted molar refractivity (Wildman–Crippen MR) is 253 cm³/mol. The SMILES string of the molecule is CCCCCCCCC=CCCCCCCCC(=O)[O-].CCCCCCCCC=CCCCCCCCC(=O)[O-].CCCCCCCCC=CCCCCCCCC(=O)[O-].[Mn+3]. The van der Waals surface area contributed by atoms with Gasteiger partial charge in [0.1, 0.15) is 0 Å². The van der Waals surface area contributed by atoms with Gasteiger partial charge in [-0.3, -0.25) is 0 Å². The molecule has 0 aliphatic rings. The summed E-state index contributed by atoms with van der Waals surface area (Å²) in [6.45, 7) is 6.77. The van der Waals surface area contributed by atoms with Gasteiger partial charge in [0.25, 0.3) is 0 Å². The maximum Gasteiger partial charge on any atom is 3.00 e. The molecule has 0 aromatic carbocycles. The molecular weight excluding hydrogens is 800 g/mol. The molecule has 0 radical (unpaired) electrons. The zero-order valence-corrected chi connectivity index (χ0v) is 41.7. The second-order valence-electron chi connectivity index (χ2n) is 17.1. The van der Waals surface area contributed by atoms with Crippen LogP contribution in [-0.4, -0.2) is 17.9 Å². The Labute approximate surface area is 389 Å². The number of carboxylic acid groups (broad SMARTS) is 3. The minimum Gasteiger partial charge on any atom is -0.550 e. The molecule has 0 heterocycles. The van der Waals surface area contributed by atoms with Crippen molar-refractivity contribution in [2.24, 2.45) is 0 Å². The van der Waals surface area contributed by atoms with Crippen LogP contribution in [0, 0.1) is 0 Å². The Kier molecular flexibility index (Phi) is 67.3. The summed E-state index contributed by atoms with van der Waals surface area (Å²) in [4.78, 5) is 30.6. The molecule has 61 heavy (non-hydrogen) atoms. The van der Waals surface area contributed by atoms with E-state index in [1.54, 1.807) is 0 Å². The molecule has 0 amide bonds. The minimum absolute atomic E-state index is 0.